The fraction of sp³-hybridized carbons (Fsp3) is 0.379. The Kier molecular flexibility index (Phi) is 8.86. The van der Waals surface area contributed by atoms with Gasteiger partial charge in [0.2, 0.25) is 5.91 Å². The molecule has 1 atom stereocenters. The standard InChI is InChI=1S/C29H36N6O3S/c1-4-18-10-8-9-13-22(18)35(29(38)26-23(30)24(27(31)36)33-39-26)25(19-14-16-21(17-15-19)34(2)3)28(37)32-20-11-6-5-7-12-20/h8-10,13-17,20,25H,4-7,11-12,30H2,1-3H3,(H2,31,36)(H,32,37)/t25-/m1/s1. The highest BCUT2D eigenvalue weighted by molar-refractivity contribution is 7.09. The van der Waals surface area contributed by atoms with E-state index in [2.05, 4.69) is 9.69 Å². The minimum atomic E-state index is -0.984. The summed E-state index contributed by atoms with van der Waals surface area (Å²) in [6.07, 6.45) is 5.72. The Morgan fingerprint density at radius 1 is 1.05 bits per heavy atom. The molecular weight excluding hydrogens is 512 g/mol. The van der Waals surface area contributed by atoms with Gasteiger partial charge in [0.05, 0.1) is 5.69 Å². The lowest BCUT2D eigenvalue weighted by Gasteiger charge is -2.34. The Balaban J connectivity index is 1.88. The van der Waals surface area contributed by atoms with Gasteiger partial charge in [-0.1, -0.05) is 56.5 Å². The molecule has 1 aliphatic rings. The number of carbonyl (C=O) groups is 3. The molecule has 0 aliphatic heterocycles. The number of benzene rings is 2. The number of nitrogens with one attached hydrogen (secondary N) is 1. The highest BCUT2D eigenvalue weighted by Crippen LogP contribution is 2.36. The number of nitrogens with two attached hydrogens (primary N) is 2. The number of primary amides is 1. The lowest BCUT2D eigenvalue weighted by atomic mass is 9.94. The molecule has 1 fully saturated rings. The first-order valence-corrected chi connectivity index (χ1v) is 14.0. The van der Waals surface area contributed by atoms with E-state index in [1.165, 1.54) is 4.90 Å². The molecule has 4 rings (SSSR count). The SMILES string of the molecule is CCc1ccccc1N(C(=O)c1snc(C(N)=O)c1N)[C@@H](C(=O)NC1CCCCC1)c1ccc(N(C)C)cc1. The normalized spacial score (nSPS) is 14.4. The van der Waals surface area contributed by atoms with Crippen LogP contribution in [0, 0.1) is 0 Å². The summed E-state index contributed by atoms with van der Waals surface area (Å²) in [5, 5.41) is 3.23. The van der Waals surface area contributed by atoms with Crippen molar-refractivity contribution in [3.8, 4) is 0 Å². The van der Waals surface area contributed by atoms with Crippen molar-refractivity contribution in [2.45, 2.75) is 57.5 Å². The maximum absolute atomic E-state index is 14.3. The Morgan fingerprint density at radius 3 is 2.31 bits per heavy atom. The predicted molar refractivity (Wildman–Crippen MR) is 156 cm³/mol. The van der Waals surface area contributed by atoms with Gasteiger partial charge in [0.25, 0.3) is 11.8 Å². The summed E-state index contributed by atoms with van der Waals surface area (Å²) in [6.45, 7) is 2.00. The number of rotatable bonds is 9. The number of hydrogen-bond acceptors (Lipinski definition) is 7. The number of carbonyl (C=O) groups excluding carboxylic acids is 3. The number of anilines is 3. The molecule has 206 valence electrons. The smallest absolute Gasteiger partial charge is 0.273 e. The van der Waals surface area contributed by atoms with Crippen molar-refractivity contribution in [1.29, 1.82) is 0 Å². The summed E-state index contributed by atoms with van der Waals surface area (Å²) < 4.78 is 4.05. The van der Waals surface area contributed by atoms with Gasteiger partial charge in [0, 0.05) is 31.5 Å². The summed E-state index contributed by atoms with van der Waals surface area (Å²) in [7, 11) is 3.89. The van der Waals surface area contributed by atoms with Crippen LogP contribution in [0.4, 0.5) is 17.1 Å². The third-order valence-corrected chi connectivity index (χ3v) is 8.04. The number of hydrogen-bond donors (Lipinski definition) is 3. The molecule has 1 heterocycles. The van der Waals surface area contributed by atoms with E-state index in [-0.39, 0.29) is 28.2 Å². The van der Waals surface area contributed by atoms with Gasteiger partial charge in [-0.3, -0.25) is 19.3 Å². The van der Waals surface area contributed by atoms with E-state index in [1.807, 2.05) is 74.4 Å². The second kappa shape index (κ2) is 12.3. The van der Waals surface area contributed by atoms with E-state index in [9.17, 15) is 14.4 Å². The van der Waals surface area contributed by atoms with Crippen LogP contribution in [0.2, 0.25) is 0 Å². The van der Waals surface area contributed by atoms with E-state index in [0.717, 1.165) is 54.9 Å². The van der Waals surface area contributed by atoms with Crippen LogP contribution in [-0.4, -0.2) is 42.2 Å². The molecule has 1 saturated carbocycles. The van der Waals surface area contributed by atoms with Crippen LogP contribution in [0.5, 0.6) is 0 Å². The molecule has 10 heteroatoms. The van der Waals surface area contributed by atoms with Crippen LogP contribution in [0.1, 0.15) is 76.4 Å². The summed E-state index contributed by atoms with van der Waals surface area (Å²) >= 11 is 0.810. The maximum Gasteiger partial charge on any atom is 0.273 e. The molecule has 0 bridgehead atoms. The van der Waals surface area contributed by atoms with E-state index in [0.29, 0.717) is 17.7 Å². The van der Waals surface area contributed by atoms with Crippen LogP contribution < -0.4 is 26.6 Å². The number of nitrogen functional groups attached to an aromatic ring is 1. The largest absolute Gasteiger partial charge is 0.395 e. The molecule has 0 radical (unpaired) electrons. The second-order valence-corrected chi connectivity index (χ2v) is 10.8. The zero-order valence-electron chi connectivity index (χ0n) is 22.6. The monoisotopic (exact) mass is 548 g/mol. The third-order valence-electron chi connectivity index (χ3n) is 7.19. The van der Waals surface area contributed by atoms with Gasteiger partial charge in [-0.25, -0.2) is 0 Å². The van der Waals surface area contributed by atoms with Gasteiger partial charge in [0.15, 0.2) is 5.69 Å². The molecule has 1 aromatic heterocycles. The zero-order valence-corrected chi connectivity index (χ0v) is 23.5. The van der Waals surface area contributed by atoms with Crippen molar-refractivity contribution in [3.63, 3.8) is 0 Å². The average Bonchev–Trinajstić information content (AvgIpc) is 3.33. The number of aryl methyl sites for hydroxylation is 1. The van der Waals surface area contributed by atoms with Gasteiger partial charge in [-0.2, -0.15) is 4.37 Å². The first-order chi connectivity index (χ1) is 18.7. The number of amides is 3. The second-order valence-electron chi connectivity index (χ2n) is 10.0. The fourth-order valence-electron chi connectivity index (χ4n) is 5.05. The Hall–Kier alpha value is -3.92. The zero-order chi connectivity index (χ0) is 28.1. The Labute approximate surface area is 233 Å². The van der Waals surface area contributed by atoms with Crippen molar-refractivity contribution >= 4 is 46.3 Å². The topological polar surface area (TPSA) is 135 Å². The third kappa shape index (κ3) is 6.06. The van der Waals surface area contributed by atoms with Gasteiger partial charge in [-0.15, -0.1) is 0 Å². The minimum Gasteiger partial charge on any atom is -0.395 e. The molecule has 2 aromatic carbocycles. The van der Waals surface area contributed by atoms with Gasteiger partial charge >= 0.3 is 0 Å². The van der Waals surface area contributed by atoms with Crippen molar-refractivity contribution in [2.24, 2.45) is 5.73 Å². The van der Waals surface area contributed by atoms with Crippen LogP contribution in [-0.2, 0) is 11.2 Å². The molecular formula is C29H36N6O3S. The van der Waals surface area contributed by atoms with Crippen LogP contribution >= 0.6 is 11.5 Å². The van der Waals surface area contributed by atoms with Crippen molar-refractivity contribution in [1.82, 2.24) is 9.69 Å². The average molecular weight is 549 g/mol. The molecule has 3 aromatic rings. The number of para-hydroxylation sites is 1. The quantitative estimate of drug-likeness (QED) is 0.365. The molecule has 5 N–H and O–H groups in total. The van der Waals surface area contributed by atoms with E-state index in [1.54, 1.807) is 0 Å². The van der Waals surface area contributed by atoms with Gasteiger partial charge in [-0.05, 0) is 60.1 Å². The first kappa shape index (κ1) is 28.1. The molecule has 0 spiro atoms. The van der Waals surface area contributed by atoms with Crippen LogP contribution in [0.25, 0.3) is 0 Å². The van der Waals surface area contributed by atoms with Crippen molar-refractivity contribution in [3.05, 3.63) is 70.2 Å². The van der Waals surface area contributed by atoms with E-state index >= 15 is 0 Å². The molecule has 0 unspecified atom stereocenters. The fourth-order valence-corrected chi connectivity index (χ4v) is 5.79. The maximum atomic E-state index is 14.3. The Morgan fingerprint density at radius 2 is 1.72 bits per heavy atom. The van der Waals surface area contributed by atoms with E-state index < -0.39 is 17.9 Å². The predicted octanol–water partition coefficient (Wildman–Crippen LogP) is 4.29. The highest BCUT2D eigenvalue weighted by atomic mass is 32.1. The van der Waals surface area contributed by atoms with Gasteiger partial charge < -0.3 is 21.7 Å². The summed E-state index contributed by atoms with van der Waals surface area (Å²) in [5.74, 6) is -1.59. The summed E-state index contributed by atoms with van der Waals surface area (Å²) in [6, 6.07) is 14.2. The van der Waals surface area contributed by atoms with Crippen molar-refractivity contribution < 1.29 is 14.4 Å². The van der Waals surface area contributed by atoms with Crippen LogP contribution in [0.15, 0.2) is 48.5 Å². The number of nitrogens with zero attached hydrogens (tertiary/aromatic N) is 3. The van der Waals surface area contributed by atoms with E-state index in [4.69, 9.17) is 11.5 Å². The molecule has 1 aliphatic carbocycles. The molecule has 0 saturated heterocycles. The van der Waals surface area contributed by atoms with Gasteiger partial charge in [0.1, 0.15) is 10.9 Å². The summed E-state index contributed by atoms with van der Waals surface area (Å²) in [4.78, 5) is 43.9. The lowest BCUT2D eigenvalue weighted by Crippen LogP contribution is -2.47. The van der Waals surface area contributed by atoms with Crippen LogP contribution in [0.3, 0.4) is 0 Å². The lowest BCUT2D eigenvalue weighted by molar-refractivity contribution is -0.123. The minimum absolute atomic E-state index is 0.0445. The summed E-state index contributed by atoms with van der Waals surface area (Å²) in [5.41, 5.74) is 14.5. The molecule has 39 heavy (non-hydrogen) atoms. The Bertz CT molecular complexity index is 1330. The first-order valence-electron chi connectivity index (χ1n) is 13.3. The highest BCUT2D eigenvalue weighted by Gasteiger charge is 2.37. The van der Waals surface area contributed by atoms with Crippen molar-refractivity contribution in [2.75, 3.05) is 29.6 Å². The molecule has 9 nitrogen and oxygen atoms in total. The number of aromatic nitrogens is 1. The molecule has 3 amide bonds.